The third-order valence-electron chi connectivity index (χ3n) is 2.64. The van der Waals surface area contributed by atoms with Gasteiger partial charge in [-0.15, -0.1) is 0 Å². The van der Waals surface area contributed by atoms with Crippen LogP contribution in [-0.2, 0) is 4.74 Å². The van der Waals surface area contributed by atoms with Gasteiger partial charge in [0, 0.05) is 18.8 Å². The van der Waals surface area contributed by atoms with Crippen LogP contribution in [0.5, 0.6) is 0 Å². The first-order valence-electron chi connectivity index (χ1n) is 4.98. The Labute approximate surface area is 86.6 Å². The minimum atomic E-state index is -4.24. The molecule has 3 nitrogen and oxygen atoms in total. The zero-order chi connectivity index (χ0) is 11.4. The summed E-state index contributed by atoms with van der Waals surface area (Å²) in [6.07, 6.45) is -2.64. The van der Waals surface area contributed by atoms with Crippen LogP contribution in [0.3, 0.4) is 0 Å². The number of rotatable bonds is 3. The number of nitrogens with one attached hydrogen (secondary N) is 1. The molecule has 2 N–H and O–H groups in total. The van der Waals surface area contributed by atoms with E-state index in [0.29, 0.717) is 32.5 Å². The number of alkyl halides is 3. The van der Waals surface area contributed by atoms with Gasteiger partial charge in [-0.1, -0.05) is 0 Å². The number of aliphatic hydroxyl groups excluding tert-OH is 1. The van der Waals surface area contributed by atoms with Crippen LogP contribution >= 0.6 is 0 Å². The second kappa shape index (κ2) is 5.14. The number of ether oxygens (including phenoxy) is 1. The molecule has 1 aliphatic heterocycles. The third-order valence-corrected chi connectivity index (χ3v) is 2.64. The topological polar surface area (TPSA) is 41.5 Å². The van der Waals surface area contributed by atoms with Gasteiger partial charge in [0.25, 0.3) is 0 Å². The Bertz CT molecular complexity index is 188. The number of halogens is 3. The molecule has 0 aromatic heterocycles. The fraction of sp³-hybridized carbons (Fsp3) is 1.00. The average molecular weight is 227 g/mol. The Balaban J connectivity index is 2.50. The second-order valence-electron chi connectivity index (χ2n) is 3.87. The molecule has 90 valence electrons. The molecule has 1 saturated heterocycles. The largest absolute Gasteiger partial charge is 0.401 e. The molecule has 1 fully saturated rings. The third kappa shape index (κ3) is 4.36. The Hall–Kier alpha value is -0.330. The second-order valence-corrected chi connectivity index (χ2v) is 3.87. The van der Waals surface area contributed by atoms with Crippen molar-refractivity contribution < 1.29 is 23.0 Å². The predicted molar refractivity (Wildman–Crippen MR) is 48.5 cm³/mol. The summed E-state index contributed by atoms with van der Waals surface area (Å²) in [5, 5.41) is 11.6. The van der Waals surface area contributed by atoms with Crippen molar-refractivity contribution in [2.75, 3.05) is 26.4 Å². The summed E-state index contributed by atoms with van der Waals surface area (Å²) in [5.41, 5.74) is -0.827. The van der Waals surface area contributed by atoms with Crippen LogP contribution < -0.4 is 5.32 Å². The summed E-state index contributed by atoms with van der Waals surface area (Å²) >= 11 is 0. The molecule has 0 aromatic carbocycles. The zero-order valence-electron chi connectivity index (χ0n) is 8.44. The van der Waals surface area contributed by atoms with E-state index in [1.54, 1.807) is 0 Å². The van der Waals surface area contributed by atoms with Gasteiger partial charge in [0.15, 0.2) is 0 Å². The highest BCUT2D eigenvalue weighted by atomic mass is 19.4. The highest BCUT2D eigenvalue weighted by molar-refractivity contribution is 4.89. The molecular weight excluding hydrogens is 211 g/mol. The van der Waals surface area contributed by atoms with Gasteiger partial charge in [0.1, 0.15) is 0 Å². The van der Waals surface area contributed by atoms with E-state index in [1.165, 1.54) is 0 Å². The van der Waals surface area contributed by atoms with Crippen LogP contribution in [0.4, 0.5) is 13.2 Å². The molecule has 1 heterocycles. The molecule has 0 spiro atoms. The van der Waals surface area contributed by atoms with Crippen LogP contribution in [0.1, 0.15) is 19.3 Å². The van der Waals surface area contributed by atoms with Gasteiger partial charge in [-0.3, -0.25) is 0 Å². The summed E-state index contributed by atoms with van der Waals surface area (Å²) in [6, 6.07) is 0. The Morgan fingerprint density at radius 2 is 2.00 bits per heavy atom. The summed E-state index contributed by atoms with van der Waals surface area (Å²) in [6.45, 7) is -0.402. The number of hydrogen-bond acceptors (Lipinski definition) is 3. The van der Waals surface area contributed by atoms with E-state index < -0.39 is 18.3 Å². The van der Waals surface area contributed by atoms with Gasteiger partial charge in [0.05, 0.1) is 13.2 Å². The van der Waals surface area contributed by atoms with Crippen LogP contribution in [0.2, 0.25) is 0 Å². The quantitative estimate of drug-likeness (QED) is 0.757. The van der Waals surface area contributed by atoms with Crippen molar-refractivity contribution >= 4 is 0 Å². The van der Waals surface area contributed by atoms with Gasteiger partial charge in [0.2, 0.25) is 0 Å². The SMILES string of the molecule is OCC1(NCC(F)(F)F)CCCOCC1. The Morgan fingerprint density at radius 1 is 1.27 bits per heavy atom. The van der Waals surface area contributed by atoms with Crippen molar-refractivity contribution in [3.05, 3.63) is 0 Å². The molecule has 0 bridgehead atoms. The van der Waals surface area contributed by atoms with Crippen molar-refractivity contribution in [1.82, 2.24) is 5.32 Å². The molecule has 0 radical (unpaired) electrons. The highest BCUT2D eigenvalue weighted by Crippen LogP contribution is 2.23. The van der Waals surface area contributed by atoms with E-state index in [4.69, 9.17) is 4.74 Å². The summed E-state index contributed by atoms with van der Waals surface area (Å²) in [4.78, 5) is 0. The van der Waals surface area contributed by atoms with Gasteiger partial charge < -0.3 is 15.2 Å². The number of hydrogen-bond donors (Lipinski definition) is 2. The van der Waals surface area contributed by atoms with E-state index >= 15 is 0 Å². The first kappa shape index (κ1) is 12.7. The lowest BCUT2D eigenvalue weighted by Gasteiger charge is -2.31. The van der Waals surface area contributed by atoms with Crippen molar-refractivity contribution in [3.63, 3.8) is 0 Å². The van der Waals surface area contributed by atoms with Gasteiger partial charge in [-0.2, -0.15) is 13.2 Å². The fourth-order valence-electron chi connectivity index (χ4n) is 1.69. The van der Waals surface area contributed by atoms with E-state index in [0.717, 1.165) is 0 Å². The van der Waals surface area contributed by atoms with Gasteiger partial charge in [-0.05, 0) is 19.3 Å². The lowest BCUT2D eigenvalue weighted by atomic mass is 9.91. The normalized spacial score (nSPS) is 28.8. The summed E-state index contributed by atoms with van der Waals surface area (Å²) in [7, 11) is 0. The summed E-state index contributed by atoms with van der Waals surface area (Å²) < 4.78 is 41.3. The molecule has 0 aliphatic carbocycles. The molecular formula is C9H16F3NO2. The smallest absolute Gasteiger partial charge is 0.394 e. The van der Waals surface area contributed by atoms with Gasteiger partial charge >= 0.3 is 6.18 Å². The standard InChI is InChI=1S/C9H16F3NO2/c10-9(11,12)6-13-8(7-14)2-1-4-15-5-3-8/h13-14H,1-7H2. The lowest BCUT2D eigenvalue weighted by Crippen LogP contribution is -2.51. The van der Waals surface area contributed by atoms with Crippen LogP contribution in [0, 0.1) is 0 Å². The first-order valence-corrected chi connectivity index (χ1v) is 4.98. The first-order chi connectivity index (χ1) is 6.97. The van der Waals surface area contributed by atoms with Gasteiger partial charge in [-0.25, -0.2) is 0 Å². The maximum absolute atomic E-state index is 12.0. The number of aliphatic hydroxyl groups is 1. The Kier molecular flexibility index (Phi) is 4.36. The van der Waals surface area contributed by atoms with Crippen LogP contribution in [0.25, 0.3) is 0 Å². The molecule has 1 atom stereocenters. The zero-order valence-corrected chi connectivity index (χ0v) is 8.44. The van der Waals surface area contributed by atoms with E-state index in [9.17, 15) is 18.3 Å². The molecule has 1 rings (SSSR count). The molecule has 6 heteroatoms. The molecule has 1 aliphatic rings. The average Bonchev–Trinajstić information content (AvgIpc) is 2.40. The Morgan fingerprint density at radius 3 is 2.60 bits per heavy atom. The molecule has 0 amide bonds. The molecule has 1 unspecified atom stereocenters. The van der Waals surface area contributed by atoms with E-state index in [-0.39, 0.29) is 6.61 Å². The monoisotopic (exact) mass is 227 g/mol. The summed E-state index contributed by atoms with van der Waals surface area (Å²) in [5.74, 6) is 0. The maximum Gasteiger partial charge on any atom is 0.401 e. The van der Waals surface area contributed by atoms with Crippen LogP contribution in [0.15, 0.2) is 0 Å². The maximum atomic E-state index is 12.0. The molecule has 15 heavy (non-hydrogen) atoms. The van der Waals surface area contributed by atoms with Crippen molar-refractivity contribution in [2.45, 2.75) is 31.0 Å². The minimum Gasteiger partial charge on any atom is -0.394 e. The molecule has 0 aromatic rings. The lowest BCUT2D eigenvalue weighted by molar-refractivity contribution is -0.130. The van der Waals surface area contributed by atoms with Crippen molar-refractivity contribution in [2.24, 2.45) is 0 Å². The van der Waals surface area contributed by atoms with Crippen LogP contribution in [-0.4, -0.2) is 43.2 Å². The minimum absolute atomic E-state index is 0.285. The predicted octanol–water partition coefficient (Wildman–Crippen LogP) is 1.07. The van der Waals surface area contributed by atoms with E-state index in [1.807, 2.05) is 0 Å². The highest BCUT2D eigenvalue weighted by Gasteiger charge is 2.35. The van der Waals surface area contributed by atoms with Crippen molar-refractivity contribution in [1.29, 1.82) is 0 Å². The van der Waals surface area contributed by atoms with Crippen molar-refractivity contribution in [3.8, 4) is 0 Å². The fourth-order valence-corrected chi connectivity index (χ4v) is 1.69. The molecule has 0 saturated carbocycles. The van der Waals surface area contributed by atoms with E-state index in [2.05, 4.69) is 5.32 Å².